The van der Waals surface area contributed by atoms with Gasteiger partial charge >= 0.3 is 0 Å². The number of nitro groups is 1. The fourth-order valence-corrected chi connectivity index (χ4v) is 2.38. The zero-order chi connectivity index (χ0) is 15.9. The molecule has 120 valence electrons. The molecule has 22 heavy (non-hydrogen) atoms. The van der Waals surface area contributed by atoms with Crippen molar-refractivity contribution in [3.63, 3.8) is 0 Å². The van der Waals surface area contributed by atoms with Crippen molar-refractivity contribution in [2.24, 2.45) is 0 Å². The third-order valence-corrected chi connectivity index (χ3v) is 3.64. The van der Waals surface area contributed by atoms with Gasteiger partial charge in [-0.25, -0.2) is 0 Å². The number of anilines is 1. The highest BCUT2D eigenvalue weighted by atomic mass is 16.6. The summed E-state index contributed by atoms with van der Waals surface area (Å²) in [5, 5.41) is 16.9. The summed E-state index contributed by atoms with van der Waals surface area (Å²) in [6.45, 7) is 5.53. The molecule has 1 fully saturated rings. The molecular weight excluding hydrogens is 286 g/mol. The van der Waals surface area contributed by atoms with Crippen LogP contribution in [0.4, 0.5) is 11.4 Å². The minimum absolute atomic E-state index is 0.0558. The van der Waals surface area contributed by atoms with E-state index in [1.807, 2.05) is 0 Å². The molecule has 1 saturated heterocycles. The number of rotatable bonds is 6. The topological polar surface area (TPSA) is 114 Å². The molecule has 1 aliphatic rings. The van der Waals surface area contributed by atoms with E-state index in [1.54, 1.807) is 0 Å². The Bertz CT molecular complexity index is 543. The minimum atomic E-state index is -0.587. The number of amides is 1. The van der Waals surface area contributed by atoms with Gasteiger partial charge in [0, 0.05) is 44.4 Å². The van der Waals surface area contributed by atoms with Gasteiger partial charge in [-0.05, 0) is 25.1 Å². The molecule has 8 nitrogen and oxygen atoms in total. The quantitative estimate of drug-likeness (QED) is 0.299. The molecular formula is C14H21N5O3. The molecule has 0 aromatic heterocycles. The molecule has 0 bridgehead atoms. The van der Waals surface area contributed by atoms with Crippen molar-refractivity contribution >= 4 is 17.3 Å². The standard InChI is InChI=1S/C14H21N5O3/c15-12-3-2-11(10-13(12)19(21)22)14(20)17-4-1-7-18-8-5-16-6-9-18/h2-3,10,16H,1,4-9,15H2,(H,17,20). The van der Waals surface area contributed by atoms with Crippen LogP contribution in [0.5, 0.6) is 0 Å². The van der Waals surface area contributed by atoms with Gasteiger partial charge in [-0.1, -0.05) is 0 Å². The first-order valence-corrected chi connectivity index (χ1v) is 7.33. The zero-order valence-corrected chi connectivity index (χ0v) is 12.4. The lowest BCUT2D eigenvalue weighted by Crippen LogP contribution is -2.44. The summed E-state index contributed by atoms with van der Waals surface area (Å²) < 4.78 is 0. The Balaban J connectivity index is 1.79. The Morgan fingerprint density at radius 1 is 1.41 bits per heavy atom. The van der Waals surface area contributed by atoms with E-state index in [2.05, 4.69) is 15.5 Å². The van der Waals surface area contributed by atoms with Crippen molar-refractivity contribution in [3.8, 4) is 0 Å². The highest BCUT2D eigenvalue weighted by molar-refractivity contribution is 5.95. The van der Waals surface area contributed by atoms with Crippen molar-refractivity contribution in [1.82, 2.24) is 15.5 Å². The number of piperazine rings is 1. The van der Waals surface area contributed by atoms with Crippen LogP contribution in [0, 0.1) is 10.1 Å². The molecule has 0 atom stereocenters. The molecule has 0 saturated carbocycles. The van der Waals surface area contributed by atoms with Gasteiger partial charge in [-0.2, -0.15) is 0 Å². The van der Waals surface area contributed by atoms with E-state index < -0.39 is 4.92 Å². The Morgan fingerprint density at radius 2 is 2.14 bits per heavy atom. The number of benzene rings is 1. The van der Waals surface area contributed by atoms with Gasteiger partial charge in [0.15, 0.2) is 0 Å². The summed E-state index contributed by atoms with van der Waals surface area (Å²) in [4.78, 5) is 24.6. The lowest BCUT2D eigenvalue weighted by molar-refractivity contribution is -0.383. The van der Waals surface area contributed by atoms with Crippen molar-refractivity contribution in [2.75, 3.05) is 45.0 Å². The lowest BCUT2D eigenvalue weighted by atomic mass is 10.1. The monoisotopic (exact) mass is 307 g/mol. The van der Waals surface area contributed by atoms with Crippen LogP contribution in [-0.2, 0) is 0 Å². The maximum atomic E-state index is 12.0. The molecule has 1 aromatic carbocycles. The minimum Gasteiger partial charge on any atom is -0.393 e. The summed E-state index contributed by atoms with van der Waals surface area (Å²) >= 11 is 0. The van der Waals surface area contributed by atoms with E-state index in [9.17, 15) is 14.9 Å². The predicted octanol–water partition coefficient (Wildman–Crippen LogP) is 0.202. The Labute approximate surface area is 128 Å². The maximum Gasteiger partial charge on any atom is 0.292 e. The molecule has 2 rings (SSSR count). The van der Waals surface area contributed by atoms with Crippen LogP contribution < -0.4 is 16.4 Å². The molecule has 1 aliphatic heterocycles. The van der Waals surface area contributed by atoms with Crippen LogP contribution in [-0.4, -0.2) is 55.0 Å². The first-order chi connectivity index (χ1) is 10.6. The van der Waals surface area contributed by atoms with E-state index in [-0.39, 0.29) is 22.8 Å². The number of hydrogen-bond acceptors (Lipinski definition) is 6. The summed E-state index contributed by atoms with van der Waals surface area (Å²) in [5.41, 5.74) is 5.58. The summed E-state index contributed by atoms with van der Waals surface area (Å²) in [7, 11) is 0. The van der Waals surface area contributed by atoms with Crippen LogP contribution in [0.1, 0.15) is 16.8 Å². The van der Waals surface area contributed by atoms with E-state index in [1.165, 1.54) is 18.2 Å². The number of nitro benzene ring substituents is 1. The SMILES string of the molecule is Nc1ccc(C(=O)NCCCN2CCNCC2)cc1[N+](=O)[O-]. The molecule has 1 aromatic rings. The zero-order valence-electron chi connectivity index (χ0n) is 12.4. The van der Waals surface area contributed by atoms with E-state index >= 15 is 0 Å². The number of carbonyl (C=O) groups excluding carboxylic acids is 1. The van der Waals surface area contributed by atoms with Crippen molar-refractivity contribution in [3.05, 3.63) is 33.9 Å². The normalized spacial score (nSPS) is 15.5. The molecule has 1 heterocycles. The summed E-state index contributed by atoms with van der Waals surface area (Å²) in [6, 6.07) is 4.09. The highest BCUT2D eigenvalue weighted by Gasteiger charge is 2.15. The van der Waals surface area contributed by atoms with Crippen molar-refractivity contribution in [1.29, 1.82) is 0 Å². The third kappa shape index (κ3) is 4.40. The second-order valence-corrected chi connectivity index (χ2v) is 5.23. The Hall–Kier alpha value is -2.19. The van der Waals surface area contributed by atoms with Gasteiger partial charge in [0.05, 0.1) is 4.92 Å². The Kier molecular flexibility index (Phi) is 5.68. The largest absolute Gasteiger partial charge is 0.393 e. The third-order valence-electron chi connectivity index (χ3n) is 3.64. The van der Waals surface area contributed by atoms with Gasteiger partial charge < -0.3 is 21.3 Å². The number of nitrogens with two attached hydrogens (primary N) is 1. The van der Waals surface area contributed by atoms with Crippen LogP contribution in [0.3, 0.4) is 0 Å². The first-order valence-electron chi connectivity index (χ1n) is 7.33. The fraction of sp³-hybridized carbons (Fsp3) is 0.500. The van der Waals surface area contributed by atoms with Crippen LogP contribution in [0.15, 0.2) is 18.2 Å². The lowest BCUT2D eigenvalue weighted by Gasteiger charge is -2.27. The number of carbonyl (C=O) groups is 1. The van der Waals surface area contributed by atoms with Gasteiger partial charge in [0.25, 0.3) is 11.6 Å². The van der Waals surface area contributed by atoms with Gasteiger partial charge in [0.2, 0.25) is 0 Å². The molecule has 0 aliphatic carbocycles. The van der Waals surface area contributed by atoms with E-state index in [0.717, 1.165) is 39.1 Å². The predicted molar refractivity (Wildman–Crippen MR) is 83.8 cm³/mol. The number of nitrogens with one attached hydrogen (secondary N) is 2. The van der Waals surface area contributed by atoms with Crippen LogP contribution >= 0.6 is 0 Å². The second-order valence-electron chi connectivity index (χ2n) is 5.23. The molecule has 0 unspecified atom stereocenters. The van der Waals surface area contributed by atoms with Gasteiger partial charge in [-0.15, -0.1) is 0 Å². The van der Waals surface area contributed by atoms with E-state index in [0.29, 0.717) is 6.54 Å². The number of nitrogens with zero attached hydrogens (tertiary/aromatic N) is 2. The average Bonchev–Trinajstić information content (AvgIpc) is 2.52. The van der Waals surface area contributed by atoms with Crippen molar-refractivity contribution < 1.29 is 9.72 Å². The molecule has 0 radical (unpaired) electrons. The first kappa shape index (κ1) is 16.2. The smallest absolute Gasteiger partial charge is 0.292 e. The van der Waals surface area contributed by atoms with Gasteiger partial charge in [-0.3, -0.25) is 14.9 Å². The number of hydrogen-bond donors (Lipinski definition) is 3. The molecule has 1 amide bonds. The molecule has 8 heteroatoms. The highest BCUT2D eigenvalue weighted by Crippen LogP contribution is 2.22. The van der Waals surface area contributed by atoms with Crippen LogP contribution in [0.25, 0.3) is 0 Å². The maximum absolute atomic E-state index is 12.0. The Morgan fingerprint density at radius 3 is 2.82 bits per heavy atom. The number of nitrogen functional groups attached to an aromatic ring is 1. The van der Waals surface area contributed by atoms with Gasteiger partial charge in [0.1, 0.15) is 5.69 Å². The van der Waals surface area contributed by atoms with E-state index in [4.69, 9.17) is 5.73 Å². The fourth-order valence-electron chi connectivity index (χ4n) is 2.38. The molecule has 0 spiro atoms. The molecule has 4 N–H and O–H groups in total. The summed E-state index contributed by atoms with van der Waals surface area (Å²) in [6.07, 6.45) is 0.850. The second kappa shape index (κ2) is 7.71. The van der Waals surface area contributed by atoms with Crippen LogP contribution in [0.2, 0.25) is 0 Å². The average molecular weight is 307 g/mol. The van der Waals surface area contributed by atoms with Crippen molar-refractivity contribution in [2.45, 2.75) is 6.42 Å². The summed E-state index contributed by atoms with van der Waals surface area (Å²) in [5.74, 6) is -0.316.